The van der Waals surface area contributed by atoms with Crippen LogP contribution in [0.15, 0.2) is 23.8 Å². The summed E-state index contributed by atoms with van der Waals surface area (Å²) in [5.41, 5.74) is 6.37. The maximum absolute atomic E-state index is 14.5. The lowest BCUT2D eigenvalue weighted by atomic mass is 10.1. The minimum atomic E-state index is -0.828. The molecule has 4 rings (SSSR count). The topological polar surface area (TPSA) is 85.0 Å². The molecule has 1 aromatic carbocycles. The van der Waals surface area contributed by atoms with Gasteiger partial charge in [0.05, 0.1) is 24.1 Å². The highest BCUT2D eigenvalue weighted by Crippen LogP contribution is 2.26. The Kier molecular flexibility index (Phi) is 3.08. The van der Waals surface area contributed by atoms with E-state index in [1.54, 1.807) is 7.05 Å². The third kappa shape index (κ3) is 2.15. The molecule has 0 radical (unpaired) electrons. The quantitative estimate of drug-likeness (QED) is 0.495. The molecule has 122 valence electrons. The first-order chi connectivity index (χ1) is 12.0. The van der Waals surface area contributed by atoms with Crippen LogP contribution in [0, 0.1) is 23.5 Å². The molecule has 2 aromatic heterocycles. The zero-order chi connectivity index (χ0) is 17.7. The second kappa shape index (κ2) is 5.17. The minimum absolute atomic E-state index is 0.0450. The van der Waals surface area contributed by atoms with Crippen LogP contribution in [0.3, 0.4) is 0 Å². The van der Waals surface area contributed by atoms with Crippen LogP contribution in [0.2, 0.25) is 0 Å². The molecule has 0 bridgehead atoms. The molecule has 0 saturated heterocycles. The van der Waals surface area contributed by atoms with Gasteiger partial charge in [-0.3, -0.25) is 0 Å². The van der Waals surface area contributed by atoms with Gasteiger partial charge in [0.2, 0.25) is 6.33 Å². The lowest BCUT2D eigenvalue weighted by Crippen LogP contribution is -2.03. The molecule has 1 aliphatic heterocycles. The standard InChI is InChI=1S/C16H10F2N7/c1-24-7-22-14-11(24)5-9(17)8(13(14)18)3-4-10-12-15(19)20-6-21-16(12)25(2)23-10/h5-7H,2H2,1H3,(H2,19,20,21)/q+1. The van der Waals surface area contributed by atoms with E-state index in [2.05, 4.69) is 38.6 Å². The van der Waals surface area contributed by atoms with E-state index >= 15 is 0 Å². The molecule has 9 heteroatoms. The second-order valence-corrected chi connectivity index (χ2v) is 5.33. The fourth-order valence-corrected chi connectivity index (χ4v) is 2.55. The van der Waals surface area contributed by atoms with Crippen molar-refractivity contribution >= 4 is 35.1 Å². The third-order valence-corrected chi connectivity index (χ3v) is 3.78. The van der Waals surface area contributed by atoms with Crippen molar-refractivity contribution in [1.82, 2.24) is 19.5 Å². The van der Waals surface area contributed by atoms with Crippen molar-refractivity contribution < 1.29 is 13.5 Å². The molecular formula is C16H10F2N7+. The first-order valence-corrected chi connectivity index (χ1v) is 7.08. The van der Waals surface area contributed by atoms with Gasteiger partial charge in [0.15, 0.2) is 17.1 Å². The van der Waals surface area contributed by atoms with Gasteiger partial charge in [0, 0.05) is 13.1 Å². The fourth-order valence-electron chi connectivity index (χ4n) is 2.55. The van der Waals surface area contributed by atoms with Crippen molar-refractivity contribution in [3.05, 3.63) is 41.5 Å². The number of nitrogens with zero attached hydrogens (tertiary/aromatic N) is 6. The predicted molar refractivity (Wildman–Crippen MR) is 87.5 cm³/mol. The second-order valence-electron chi connectivity index (χ2n) is 5.33. The monoisotopic (exact) mass is 338 g/mol. The summed E-state index contributed by atoms with van der Waals surface area (Å²) >= 11 is 0. The van der Waals surface area contributed by atoms with Gasteiger partial charge >= 0.3 is 5.82 Å². The van der Waals surface area contributed by atoms with E-state index in [1.165, 1.54) is 28.0 Å². The van der Waals surface area contributed by atoms with Gasteiger partial charge in [0.1, 0.15) is 17.2 Å². The lowest BCUT2D eigenvalue weighted by Gasteiger charge is -2.00. The summed E-state index contributed by atoms with van der Waals surface area (Å²) in [5.74, 6) is 4.00. The number of hydrogen-bond donors (Lipinski definition) is 1. The van der Waals surface area contributed by atoms with Crippen LogP contribution in [0.5, 0.6) is 0 Å². The summed E-state index contributed by atoms with van der Waals surface area (Å²) in [6, 6.07) is 1.19. The van der Waals surface area contributed by atoms with Crippen molar-refractivity contribution in [3.63, 3.8) is 0 Å². The number of hydrogen-bond acceptors (Lipinski definition) is 5. The van der Waals surface area contributed by atoms with Crippen molar-refractivity contribution in [2.24, 2.45) is 12.1 Å². The van der Waals surface area contributed by atoms with E-state index < -0.39 is 17.2 Å². The van der Waals surface area contributed by atoms with E-state index in [0.717, 1.165) is 0 Å². The first-order valence-electron chi connectivity index (χ1n) is 7.08. The Balaban J connectivity index is 1.86. The highest BCUT2D eigenvalue weighted by molar-refractivity contribution is 6.18. The number of nitrogen functional groups attached to an aromatic ring is 1. The average Bonchev–Trinajstić information content (AvgIpc) is 3.10. The van der Waals surface area contributed by atoms with E-state index in [0.29, 0.717) is 16.9 Å². The molecule has 3 aromatic rings. The number of benzene rings is 1. The molecule has 1 aliphatic rings. The Labute approximate surface area is 140 Å². The molecule has 0 aliphatic carbocycles. The largest absolute Gasteiger partial charge is 0.383 e. The lowest BCUT2D eigenvalue weighted by molar-refractivity contribution is -0.435. The zero-order valence-electron chi connectivity index (χ0n) is 13.0. The van der Waals surface area contributed by atoms with Crippen LogP contribution in [0.1, 0.15) is 11.1 Å². The smallest absolute Gasteiger partial charge is 0.363 e. The molecule has 0 saturated carbocycles. The molecule has 7 nitrogen and oxygen atoms in total. The summed E-state index contributed by atoms with van der Waals surface area (Å²) in [5, 5.41) is 4.08. The number of imidazole rings is 1. The van der Waals surface area contributed by atoms with Crippen LogP contribution in [0.4, 0.5) is 20.4 Å². The number of nitrogens with two attached hydrogens (primary N) is 1. The fraction of sp³-hybridized carbons (Fsp3) is 0.0625. The molecule has 3 heterocycles. The SMILES string of the molecule is C=[N+]1N=C(C#Cc2c(F)cc3c(ncn3C)c2F)c2c(N)ncnc21. The summed E-state index contributed by atoms with van der Waals surface area (Å²) in [7, 11) is 1.65. The average molecular weight is 338 g/mol. The highest BCUT2D eigenvalue weighted by Gasteiger charge is 2.30. The minimum Gasteiger partial charge on any atom is -0.383 e. The molecule has 0 atom stereocenters. The number of halogens is 2. The number of fused-ring (bicyclic) bond motifs is 2. The number of aryl methyl sites for hydroxylation is 1. The van der Waals surface area contributed by atoms with Gasteiger partial charge < -0.3 is 10.3 Å². The Hall–Kier alpha value is -3.67. The summed E-state index contributed by atoms with van der Waals surface area (Å²) in [6.07, 6.45) is 2.67. The van der Waals surface area contributed by atoms with Gasteiger partial charge in [-0.2, -0.15) is 4.98 Å². The normalized spacial score (nSPS) is 12.8. The van der Waals surface area contributed by atoms with Crippen LogP contribution in [0.25, 0.3) is 11.0 Å². The third-order valence-electron chi connectivity index (χ3n) is 3.78. The van der Waals surface area contributed by atoms with Crippen molar-refractivity contribution in [2.75, 3.05) is 5.73 Å². The number of rotatable bonds is 0. The maximum atomic E-state index is 14.5. The summed E-state index contributed by atoms with van der Waals surface area (Å²) in [6.45, 7) is 3.68. The van der Waals surface area contributed by atoms with E-state index in [1.807, 2.05) is 0 Å². The van der Waals surface area contributed by atoms with Crippen molar-refractivity contribution in [2.45, 2.75) is 0 Å². The van der Waals surface area contributed by atoms with Gasteiger partial charge in [-0.1, -0.05) is 11.0 Å². The Morgan fingerprint density at radius 3 is 2.84 bits per heavy atom. The molecule has 0 amide bonds. The summed E-state index contributed by atoms with van der Waals surface area (Å²) in [4.78, 5) is 11.8. The molecule has 2 N–H and O–H groups in total. The van der Waals surface area contributed by atoms with Gasteiger partial charge in [-0.15, -0.1) is 4.68 Å². The number of aromatic nitrogens is 4. The Morgan fingerprint density at radius 1 is 1.24 bits per heavy atom. The van der Waals surface area contributed by atoms with Crippen LogP contribution < -0.4 is 5.73 Å². The van der Waals surface area contributed by atoms with E-state index in [9.17, 15) is 8.78 Å². The van der Waals surface area contributed by atoms with Crippen LogP contribution in [-0.4, -0.2) is 36.6 Å². The zero-order valence-corrected chi connectivity index (χ0v) is 13.0. The van der Waals surface area contributed by atoms with Crippen molar-refractivity contribution in [1.29, 1.82) is 0 Å². The van der Waals surface area contributed by atoms with Gasteiger partial charge in [0.25, 0.3) is 0 Å². The molecule has 0 spiro atoms. The van der Waals surface area contributed by atoms with E-state index in [-0.39, 0.29) is 17.0 Å². The van der Waals surface area contributed by atoms with Gasteiger partial charge in [-0.25, -0.2) is 13.8 Å². The molecule has 0 unspecified atom stereocenters. The predicted octanol–water partition coefficient (Wildman–Crippen LogP) is 1.34. The van der Waals surface area contributed by atoms with Crippen LogP contribution in [-0.2, 0) is 7.05 Å². The Bertz CT molecular complexity index is 1160. The number of anilines is 1. The maximum Gasteiger partial charge on any atom is 0.363 e. The first kappa shape index (κ1) is 14.9. The number of hydrazone groups is 1. The van der Waals surface area contributed by atoms with Gasteiger partial charge in [-0.05, 0) is 10.9 Å². The molecular weight excluding hydrogens is 328 g/mol. The van der Waals surface area contributed by atoms with Crippen molar-refractivity contribution in [3.8, 4) is 11.8 Å². The van der Waals surface area contributed by atoms with E-state index in [4.69, 9.17) is 5.73 Å². The van der Waals surface area contributed by atoms with Crippen LogP contribution >= 0.6 is 0 Å². The highest BCUT2D eigenvalue weighted by atomic mass is 19.1. The molecule has 25 heavy (non-hydrogen) atoms. The summed E-state index contributed by atoms with van der Waals surface area (Å²) < 4.78 is 31.6. The molecule has 0 fully saturated rings. The Morgan fingerprint density at radius 2 is 2.04 bits per heavy atom.